The molecule has 0 bridgehead atoms. The first kappa shape index (κ1) is 18.9. The Balaban J connectivity index is 1.70. The van der Waals surface area contributed by atoms with E-state index in [4.69, 9.17) is 0 Å². The van der Waals surface area contributed by atoms with Gasteiger partial charge in [-0.3, -0.25) is 9.59 Å². The number of halogens is 1. The highest BCUT2D eigenvalue weighted by Gasteiger charge is 2.25. The van der Waals surface area contributed by atoms with E-state index in [1.807, 2.05) is 30.3 Å². The lowest BCUT2D eigenvalue weighted by atomic mass is 10.1. The van der Waals surface area contributed by atoms with Crippen molar-refractivity contribution in [1.29, 1.82) is 0 Å². The van der Waals surface area contributed by atoms with E-state index >= 15 is 0 Å². The fourth-order valence-corrected chi connectivity index (χ4v) is 3.38. The summed E-state index contributed by atoms with van der Waals surface area (Å²) >= 11 is 0. The highest BCUT2D eigenvalue weighted by molar-refractivity contribution is 5.97. The first-order chi connectivity index (χ1) is 14.1. The van der Waals surface area contributed by atoms with Crippen LogP contribution in [0.25, 0.3) is 16.9 Å². The summed E-state index contributed by atoms with van der Waals surface area (Å²) in [5.74, 6) is -0.941. The minimum atomic E-state index is -0.582. The molecule has 2 amide bonds. The summed E-state index contributed by atoms with van der Waals surface area (Å²) in [7, 11) is 0. The maximum atomic E-state index is 13.4. The molecule has 1 fully saturated rings. The number of aromatic nitrogens is 2. The zero-order chi connectivity index (χ0) is 20.2. The Morgan fingerprint density at radius 3 is 2.62 bits per heavy atom. The summed E-state index contributed by atoms with van der Waals surface area (Å²) in [6, 6.07) is 16.3. The number of amides is 2. The van der Waals surface area contributed by atoms with E-state index in [1.165, 1.54) is 16.8 Å². The molecule has 2 N–H and O–H groups in total. The molecule has 1 aliphatic rings. The minimum absolute atomic E-state index is 0.174. The Morgan fingerprint density at radius 1 is 1.10 bits per heavy atom. The molecule has 7 heteroatoms. The molecule has 0 unspecified atom stereocenters. The molecule has 6 nitrogen and oxygen atoms in total. The third kappa shape index (κ3) is 4.18. The largest absolute Gasteiger partial charge is 0.354 e. The van der Waals surface area contributed by atoms with Crippen molar-refractivity contribution in [2.75, 3.05) is 6.54 Å². The second-order valence-electron chi connectivity index (χ2n) is 6.98. The van der Waals surface area contributed by atoms with Crippen molar-refractivity contribution in [1.82, 2.24) is 20.4 Å². The smallest absolute Gasteiger partial charge is 0.270 e. The quantitative estimate of drug-likeness (QED) is 0.717. The molecule has 0 aliphatic carbocycles. The Kier molecular flexibility index (Phi) is 5.37. The van der Waals surface area contributed by atoms with Gasteiger partial charge in [0.1, 0.15) is 17.6 Å². The van der Waals surface area contributed by atoms with E-state index in [9.17, 15) is 14.0 Å². The maximum absolute atomic E-state index is 13.4. The van der Waals surface area contributed by atoms with Crippen LogP contribution in [-0.2, 0) is 4.79 Å². The van der Waals surface area contributed by atoms with Gasteiger partial charge in [0.25, 0.3) is 5.91 Å². The van der Waals surface area contributed by atoms with Crippen molar-refractivity contribution >= 4 is 11.8 Å². The molecule has 4 rings (SSSR count). The Labute approximate surface area is 167 Å². The third-order valence-corrected chi connectivity index (χ3v) is 4.92. The van der Waals surface area contributed by atoms with Crippen LogP contribution in [0.5, 0.6) is 0 Å². The van der Waals surface area contributed by atoms with Crippen LogP contribution >= 0.6 is 0 Å². The van der Waals surface area contributed by atoms with Gasteiger partial charge >= 0.3 is 0 Å². The SMILES string of the molecule is O=C(N[C@H]1CCCCNC1=O)c1cc(-c2ccccc2)nn1-c1ccc(F)cc1. The molecule has 0 radical (unpaired) electrons. The number of hydrogen-bond acceptors (Lipinski definition) is 3. The van der Waals surface area contributed by atoms with Crippen LogP contribution < -0.4 is 10.6 Å². The lowest BCUT2D eigenvalue weighted by molar-refractivity contribution is -0.122. The molecule has 1 aliphatic heterocycles. The molecule has 148 valence electrons. The number of carbonyl (C=O) groups excluding carboxylic acids is 2. The van der Waals surface area contributed by atoms with Gasteiger partial charge in [0, 0.05) is 12.1 Å². The molecular formula is C22H21FN4O2. The van der Waals surface area contributed by atoms with Gasteiger partial charge in [-0.1, -0.05) is 30.3 Å². The summed E-state index contributed by atoms with van der Waals surface area (Å²) in [5, 5.41) is 10.2. The van der Waals surface area contributed by atoms with Crippen molar-refractivity contribution in [3.05, 3.63) is 72.2 Å². The van der Waals surface area contributed by atoms with Crippen molar-refractivity contribution in [2.45, 2.75) is 25.3 Å². The first-order valence-corrected chi connectivity index (χ1v) is 9.62. The summed E-state index contributed by atoms with van der Waals surface area (Å²) < 4.78 is 14.8. The van der Waals surface area contributed by atoms with Crippen LogP contribution in [0, 0.1) is 5.82 Å². The Morgan fingerprint density at radius 2 is 1.86 bits per heavy atom. The number of carbonyl (C=O) groups is 2. The summed E-state index contributed by atoms with van der Waals surface area (Å²) in [5.41, 5.74) is 2.32. The molecule has 3 aromatic rings. The fourth-order valence-electron chi connectivity index (χ4n) is 3.38. The van der Waals surface area contributed by atoms with Crippen molar-refractivity contribution < 1.29 is 14.0 Å². The van der Waals surface area contributed by atoms with Crippen LogP contribution in [0.2, 0.25) is 0 Å². The van der Waals surface area contributed by atoms with Crippen LogP contribution in [0.1, 0.15) is 29.8 Å². The van der Waals surface area contributed by atoms with E-state index in [2.05, 4.69) is 15.7 Å². The van der Waals surface area contributed by atoms with E-state index < -0.39 is 11.9 Å². The van der Waals surface area contributed by atoms with Crippen LogP contribution in [0.4, 0.5) is 4.39 Å². The van der Waals surface area contributed by atoms with Gasteiger partial charge < -0.3 is 10.6 Å². The van der Waals surface area contributed by atoms with Crippen LogP contribution in [0.3, 0.4) is 0 Å². The van der Waals surface area contributed by atoms with Gasteiger partial charge in [-0.05, 0) is 49.6 Å². The molecule has 1 saturated heterocycles. The summed E-state index contributed by atoms with van der Waals surface area (Å²) in [6.45, 7) is 0.622. The van der Waals surface area contributed by atoms with E-state index in [0.29, 0.717) is 24.3 Å². The second-order valence-corrected chi connectivity index (χ2v) is 6.98. The molecule has 0 spiro atoms. The average molecular weight is 392 g/mol. The Hall–Kier alpha value is -3.48. The van der Waals surface area contributed by atoms with Crippen LogP contribution in [-0.4, -0.2) is 34.2 Å². The molecular weight excluding hydrogens is 371 g/mol. The van der Waals surface area contributed by atoms with E-state index in [-0.39, 0.29) is 17.4 Å². The number of nitrogens with one attached hydrogen (secondary N) is 2. The molecule has 1 atom stereocenters. The van der Waals surface area contributed by atoms with Gasteiger partial charge in [-0.15, -0.1) is 0 Å². The highest BCUT2D eigenvalue weighted by Crippen LogP contribution is 2.22. The summed E-state index contributed by atoms with van der Waals surface area (Å²) in [4.78, 5) is 25.3. The first-order valence-electron chi connectivity index (χ1n) is 9.62. The van der Waals surface area contributed by atoms with Gasteiger partial charge in [0.05, 0.1) is 11.4 Å². The minimum Gasteiger partial charge on any atom is -0.354 e. The molecule has 29 heavy (non-hydrogen) atoms. The predicted molar refractivity (Wildman–Crippen MR) is 107 cm³/mol. The monoisotopic (exact) mass is 392 g/mol. The van der Waals surface area contributed by atoms with E-state index in [1.54, 1.807) is 18.2 Å². The molecule has 2 heterocycles. The van der Waals surface area contributed by atoms with Gasteiger partial charge in [0.2, 0.25) is 5.91 Å². The lowest BCUT2D eigenvalue weighted by Gasteiger charge is -2.15. The number of benzene rings is 2. The van der Waals surface area contributed by atoms with Gasteiger partial charge in [-0.2, -0.15) is 5.10 Å². The van der Waals surface area contributed by atoms with Crippen molar-refractivity contribution in [3.8, 4) is 16.9 Å². The molecule has 2 aromatic carbocycles. The van der Waals surface area contributed by atoms with Crippen molar-refractivity contribution in [2.24, 2.45) is 0 Å². The lowest BCUT2D eigenvalue weighted by Crippen LogP contribution is -2.45. The highest BCUT2D eigenvalue weighted by atomic mass is 19.1. The predicted octanol–water partition coefficient (Wildman–Crippen LogP) is 3.08. The molecule has 1 aromatic heterocycles. The summed E-state index contributed by atoms with van der Waals surface area (Å²) in [6.07, 6.45) is 2.34. The zero-order valence-electron chi connectivity index (χ0n) is 15.8. The number of rotatable bonds is 4. The van der Waals surface area contributed by atoms with Gasteiger partial charge in [0.15, 0.2) is 0 Å². The standard InChI is InChI=1S/C22H21FN4O2/c23-16-9-11-17(12-10-16)27-20(14-19(26-27)15-6-2-1-3-7-15)22(29)25-18-8-4-5-13-24-21(18)28/h1-3,6-7,9-12,14,18H,4-5,8,13H2,(H,24,28)(H,25,29)/t18-/m0/s1. The maximum Gasteiger partial charge on any atom is 0.270 e. The topological polar surface area (TPSA) is 76.0 Å². The average Bonchev–Trinajstić information content (AvgIpc) is 3.09. The van der Waals surface area contributed by atoms with E-state index in [0.717, 1.165) is 18.4 Å². The van der Waals surface area contributed by atoms with Crippen LogP contribution in [0.15, 0.2) is 60.7 Å². The normalized spacial score (nSPS) is 16.7. The van der Waals surface area contributed by atoms with Crippen molar-refractivity contribution in [3.63, 3.8) is 0 Å². The Bertz CT molecular complexity index is 1020. The van der Waals surface area contributed by atoms with Gasteiger partial charge in [-0.25, -0.2) is 9.07 Å². The number of hydrogen-bond donors (Lipinski definition) is 2. The zero-order valence-corrected chi connectivity index (χ0v) is 15.8. The third-order valence-electron chi connectivity index (χ3n) is 4.92. The second kappa shape index (κ2) is 8.26. The molecule has 0 saturated carbocycles. The number of nitrogens with zero attached hydrogens (tertiary/aromatic N) is 2. The fraction of sp³-hybridized carbons (Fsp3) is 0.227.